The molecule has 1 rings (SSSR count). The average molecular weight is 930 g/mol. The number of nitrogens with zero attached hydrogens (tertiary/aromatic N) is 1. The third kappa shape index (κ3) is 43.2. The van der Waals surface area contributed by atoms with E-state index in [2.05, 4.69) is 25.8 Å². The largest absolute Gasteiger partial charge is 0.466 e. The second kappa shape index (κ2) is 48.6. The summed E-state index contributed by atoms with van der Waals surface area (Å²) in [6.45, 7) is 13.0. The zero-order valence-corrected chi connectivity index (χ0v) is 42.1. The van der Waals surface area contributed by atoms with Gasteiger partial charge in [0.15, 0.2) is 0 Å². The monoisotopic (exact) mass is 930 g/mol. The van der Waals surface area contributed by atoms with E-state index < -0.39 is 0 Å². The first-order valence-corrected chi connectivity index (χ1v) is 26.6. The van der Waals surface area contributed by atoms with Crippen LogP contribution in [0.25, 0.3) is 0 Å². The van der Waals surface area contributed by atoms with Crippen LogP contribution in [-0.2, 0) is 57.0 Å². The van der Waals surface area contributed by atoms with Crippen LogP contribution in [0.2, 0.25) is 0 Å². The molecule has 1 atom stereocenters. The highest BCUT2D eigenvalue weighted by Gasteiger charge is 2.24. The zero-order valence-electron chi connectivity index (χ0n) is 42.1. The minimum absolute atomic E-state index is 0.00743. The van der Waals surface area contributed by atoms with Gasteiger partial charge in [-0.2, -0.15) is 0 Å². The maximum Gasteiger partial charge on any atom is 0.309 e. The van der Waals surface area contributed by atoms with Crippen LogP contribution < -0.4 is 0 Å². The lowest BCUT2D eigenvalue weighted by molar-refractivity contribution is -0.152. The van der Waals surface area contributed by atoms with Crippen LogP contribution in [0.5, 0.6) is 0 Å². The van der Waals surface area contributed by atoms with Gasteiger partial charge in [0.25, 0.3) is 0 Å². The van der Waals surface area contributed by atoms with Gasteiger partial charge in [-0.15, -0.1) is 0 Å². The number of hydrogen-bond donors (Lipinski definition) is 0. The summed E-state index contributed by atoms with van der Waals surface area (Å²) in [6.07, 6.45) is 29.6. The quantitative estimate of drug-likeness (QED) is 0.0325. The Labute approximate surface area is 397 Å². The van der Waals surface area contributed by atoms with E-state index in [-0.39, 0.29) is 36.5 Å². The van der Waals surface area contributed by atoms with Crippen molar-refractivity contribution in [3.8, 4) is 0 Å². The van der Waals surface area contributed by atoms with Crippen LogP contribution in [0.15, 0.2) is 0 Å². The molecule has 0 spiro atoms. The normalized spacial score (nSPS) is 13.9. The van der Waals surface area contributed by atoms with Crippen LogP contribution in [0.1, 0.15) is 194 Å². The van der Waals surface area contributed by atoms with Gasteiger partial charge >= 0.3 is 17.9 Å². The molecule has 65 heavy (non-hydrogen) atoms. The van der Waals surface area contributed by atoms with Gasteiger partial charge in [0, 0.05) is 26.1 Å². The molecule has 13 heteroatoms. The predicted molar refractivity (Wildman–Crippen MR) is 258 cm³/mol. The summed E-state index contributed by atoms with van der Waals surface area (Å²) in [5, 5.41) is 0. The Kier molecular flexibility index (Phi) is 45.7. The summed E-state index contributed by atoms with van der Waals surface area (Å²) in [7, 11) is 2.07. The Morgan fingerprint density at radius 3 is 1.26 bits per heavy atom. The molecule has 1 aliphatic heterocycles. The van der Waals surface area contributed by atoms with Gasteiger partial charge < -0.3 is 47.5 Å². The number of esters is 3. The number of piperidine rings is 1. The molecule has 0 aromatic carbocycles. The third-order valence-electron chi connectivity index (χ3n) is 11.8. The zero-order chi connectivity index (χ0) is 46.9. The molecule has 0 bridgehead atoms. The van der Waals surface area contributed by atoms with E-state index in [9.17, 15) is 14.4 Å². The minimum atomic E-state index is -0.158. The molecule has 0 aromatic heterocycles. The standard InChI is InChI=1S/C52H99NO12/c1-4-6-8-10-12-19-26-36-63-50(54)28-22-16-14-18-24-34-60-46-49(62-35-25-21-15-17-23-29-51(55)64-37-27-20-13-11-9-7-5-2)47-61-43-42-58-39-38-57-40-41-59-44-45-65-52(56)48-30-32-53(3)33-31-48/h48-49H,4-47H2,1-3H3. The summed E-state index contributed by atoms with van der Waals surface area (Å²) in [5.41, 5.74) is 0. The predicted octanol–water partition coefficient (Wildman–Crippen LogP) is 10.6. The molecule has 0 N–H and O–H groups in total. The Morgan fingerprint density at radius 2 is 0.785 bits per heavy atom. The maximum absolute atomic E-state index is 12.2. The maximum atomic E-state index is 12.2. The van der Waals surface area contributed by atoms with E-state index in [0.29, 0.717) is 98.7 Å². The van der Waals surface area contributed by atoms with E-state index >= 15 is 0 Å². The van der Waals surface area contributed by atoms with Crippen LogP contribution in [0, 0.1) is 5.92 Å². The topological polar surface area (TPSA) is 138 Å². The molecule has 1 saturated heterocycles. The van der Waals surface area contributed by atoms with Gasteiger partial charge in [0.2, 0.25) is 0 Å². The molecule has 1 fully saturated rings. The van der Waals surface area contributed by atoms with Crippen LogP contribution in [0.3, 0.4) is 0 Å². The van der Waals surface area contributed by atoms with Gasteiger partial charge in [0.05, 0.1) is 78.6 Å². The van der Waals surface area contributed by atoms with Crippen LogP contribution in [-0.4, -0.2) is 142 Å². The van der Waals surface area contributed by atoms with Crippen molar-refractivity contribution >= 4 is 17.9 Å². The fraction of sp³-hybridized carbons (Fsp3) is 0.942. The van der Waals surface area contributed by atoms with Crippen molar-refractivity contribution in [3.05, 3.63) is 0 Å². The summed E-state index contributed by atoms with van der Waals surface area (Å²) in [5.74, 6) is -0.232. The van der Waals surface area contributed by atoms with E-state index in [1.165, 1.54) is 64.2 Å². The number of carbonyl (C=O) groups excluding carboxylic acids is 3. The van der Waals surface area contributed by atoms with E-state index in [0.717, 1.165) is 116 Å². The summed E-state index contributed by atoms with van der Waals surface area (Å²) < 4.78 is 51.2. The summed E-state index contributed by atoms with van der Waals surface area (Å²) in [6, 6.07) is 0. The van der Waals surface area contributed by atoms with Crippen LogP contribution >= 0.6 is 0 Å². The SMILES string of the molecule is CCCCCCCCCOC(=O)CCCCCCCOCC(COCCOCCOCCOCCOC(=O)C1CCN(C)CC1)OCCCCCCCC(=O)OCCCCCCCCC. The fourth-order valence-electron chi connectivity index (χ4n) is 7.59. The van der Waals surface area contributed by atoms with Gasteiger partial charge in [-0.3, -0.25) is 14.4 Å². The van der Waals surface area contributed by atoms with Gasteiger partial charge in [0.1, 0.15) is 12.7 Å². The van der Waals surface area contributed by atoms with Crippen molar-refractivity contribution in [2.75, 3.05) is 113 Å². The van der Waals surface area contributed by atoms with E-state index in [1.54, 1.807) is 0 Å². The molecule has 0 amide bonds. The molecule has 0 radical (unpaired) electrons. The molecule has 384 valence electrons. The summed E-state index contributed by atoms with van der Waals surface area (Å²) >= 11 is 0. The molecular weight excluding hydrogens is 831 g/mol. The highest BCUT2D eigenvalue weighted by atomic mass is 16.6. The van der Waals surface area contributed by atoms with Crippen molar-refractivity contribution in [1.82, 2.24) is 4.90 Å². The average Bonchev–Trinajstić information content (AvgIpc) is 3.30. The van der Waals surface area contributed by atoms with Crippen molar-refractivity contribution in [1.29, 1.82) is 0 Å². The number of unbranched alkanes of at least 4 members (excludes halogenated alkanes) is 20. The number of likely N-dealkylation sites (tertiary alicyclic amines) is 1. The number of ether oxygens (including phenoxy) is 9. The van der Waals surface area contributed by atoms with Crippen molar-refractivity contribution in [2.45, 2.75) is 200 Å². The smallest absolute Gasteiger partial charge is 0.309 e. The van der Waals surface area contributed by atoms with Gasteiger partial charge in [-0.25, -0.2) is 0 Å². The van der Waals surface area contributed by atoms with E-state index in [4.69, 9.17) is 42.6 Å². The molecule has 13 nitrogen and oxygen atoms in total. The lowest BCUT2D eigenvalue weighted by Gasteiger charge is -2.27. The van der Waals surface area contributed by atoms with Crippen LogP contribution in [0.4, 0.5) is 0 Å². The molecule has 1 heterocycles. The first-order valence-electron chi connectivity index (χ1n) is 26.6. The molecule has 1 unspecified atom stereocenters. The first-order chi connectivity index (χ1) is 32.0. The summed E-state index contributed by atoms with van der Waals surface area (Å²) in [4.78, 5) is 38.6. The van der Waals surface area contributed by atoms with Crippen molar-refractivity contribution in [3.63, 3.8) is 0 Å². The minimum Gasteiger partial charge on any atom is -0.466 e. The Morgan fingerprint density at radius 1 is 0.415 bits per heavy atom. The molecule has 1 aliphatic rings. The van der Waals surface area contributed by atoms with E-state index in [1.807, 2.05) is 0 Å². The Balaban J connectivity index is 2.15. The molecule has 0 saturated carbocycles. The Bertz CT molecular complexity index is 1040. The first kappa shape index (κ1) is 61.1. The van der Waals surface area contributed by atoms with Crippen molar-refractivity contribution in [2.24, 2.45) is 5.92 Å². The third-order valence-corrected chi connectivity index (χ3v) is 11.8. The highest BCUT2D eigenvalue weighted by molar-refractivity contribution is 5.72. The Hall–Kier alpha value is -1.87. The highest BCUT2D eigenvalue weighted by Crippen LogP contribution is 2.17. The van der Waals surface area contributed by atoms with Crippen molar-refractivity contribution < 1.29 is 57.0 Å². The molecule has 0 aromatic rings. The number of carbonyl (C=O) groups is 3. The molecule has 0 aliphatic carbocycles. The number of hydrogen-bond acceptors (Lipinski definition) is 13. The second-order valence-electron chi connectivity index (χ2n) is 17.9. The second-order valence-corrected chi connectivity index (χ2v) is 17.9. The molecular formula is C52H99NO12. The van der Waals surface area contributed by atoms with Gasteiger partial charge in [-0.05, 0) is 71.5 Å². The lowest BCUT2D eigenvalue weighted by atomic mass is 9.97. The lowest BCUT2D eigenvalue weighted by Crippen LogP contribution is -2.34. The fourth-order valence-corrected chi connectivity index (χ4v) is 7.59. The van der Waals surface area contributed by atoms with Gasteiger partial charge in [-0.1, -0.05) is 129 Å². The number of rotatable bonds is 50.